The van der Waals surface area contributed by atoms with Crippen molar-refractivity contribution >= 4 is 11.7 Å². The predicted molar refractivity (Wildman–Crippen MR) is 80.9 cm³/mol. The lowest BCUT2D eigenvalue weighted by Gasteiger charge is -2.20. The van der Waals surface area contributed by atoms with Crippen LogP contribution in [0.5, 0.6) is 0 Å². The van der Waals surface area contributed by atoms with Crippen molar-refractivity contribution in [2.75, 3.05) is 32.5 Å². The van der Waals surface area contributed by atoms with Crippen LogP contribution >= 0.6 is 0 Å². The van der Waals surface area contributed by atoms with Gasteiger partial charge in [-0.1, -0.05) is 0 Å². The third-order valence-electron chi connectivity index (χ3n) is 2.46. The molecule has 0 fully saturated rings. The second kappa shape index (κ2) is 7.19. The molecule has 1 rings (SSSR count). The summed E-state index contributed by atoms with van der Waals surface area (Å²) < 4.78 is 0. The largest absolute Gasteiger partial charge is 0.364 e. The molecule has 20 heavy (non-hydrogen) atoms. The zero-order valence-corrected chi connectivity index (χ0v) is 13.0. The van der Waals surface area contributed by atoms with E-state index < -0.39 is 0 Å². The molecule has 1 amide bonds. The molecule has 1 aromatic rings. The third kappa shape index (κ3) is 6.47. The third-order valence-corrected chi connectivity index (χ3v) is 2.46. The molecule has 1 aromatic heterocycles. The molecule has 0 aliphatic rings. The topological polar surface area (TPSA) is 70.2 Å². The van der Waals surface area contributed by atoms with Gasteiger partial charge in [-0.15, -0.1) is 0 Å². The molecule has 0 aliphatic heterocycles. The van der Waals surface area contributed by atoms with Crippen LogP contribution < -0.4 is 10.6 Å². The summed E-state index contributed by atoms with van der Waals surface area (Å²) >= 11 is 0. The first-order valence-corrected chi connectivity index (χ1v) is 6.81. The lowest BCUT2D eigenvalue weighted by molar-refractivity contribution is 0.0947. The van der Waals surface area contributed by atoms with E-state index in [2.05, 4.69) is 25.5 Å². The van der Waals surface area contributed by atoms with Gasteiger partial charge in [-0.05, 0) is 47.8 Å². The molecule has 1 heterocycles. The zero-order valence-electron chi connectivity index (χ0n) is 13.0. The number of nitrogens with zero attached hydrogens (tertiary/aromatic N) is 3. The van der Waals surface area contributed by atoms with Crippen molar-refractivity contribution in [2.45, 2.75) is 32.7 Å². The molecule has 0 aromatic carbocycles. The molecular weight excluding hydrogens is 254 g/mol. The van der Waals surface area contributed by atoms with Crippen LogP contribution in [0.1, 0.15) is 37.7 Å². The standard InChI is InChI=1S/C14H25N5O/c1-14(2,3)18-12-10-16-11(9-17-12)13(20)15-7-6-8-19(4)5/h9-10H,6-8H2,1-5H3,(H,15,20)(H,17,18). The van der Waals surface area contributed by atoms with Crippen molar-refractivity contribution in [2.24, 2.45) is 0 Å². The Morgan fingerprint density at radius 1 is 1.25 bits per heavy atom. The summed E-state index contributed by atoms with van der Waals surface area (Å²) in [5, 5.41) is 6.03. The number of aromatic nitrogens is 2. The number of rotatable bonds is 6. The van der Waals surface area contributed by atoms with Crippen molar-refractivity contribution in [3.8, 4) is 0 Å². The summed E-state index contributed by atoms with van der Waals surface area (Å²) in [5.74, 6) is 0.486. The SMILES string of the molecule is CN(C)CCCNC(=O)c1cnc(NC(C)(C)C)cn1. The van der Waals surface area contributed by atoms with E-state index in [9.17, 15) is 4.79 Å². The average molecular weight is 279 g/mol. The van der Waals surface area contributed by atoms with Crippen LogP contribution in [-0.4, -0.2) is 53.5 Å². The number of carbonyl (C=O) groups excluding carboxylic acids is 1. The molecule has 0 aliphatic carbocycles. The minimum atomic E-state index is -0.182. The van der Waals surface area contributed by atoms with Gasteiger partial charge in [0.05, 0.1) is 12.4 Å². The van der Waals surface area contributed by atoms with Crippen molar-refractivity contribution in [1.82, 2.24) is 20.2 Å². The van der Waals surface area contributed by atoms with Gasteiger partial charge in [0.2, 0.25) is 0 Å². The Morgan fingerprint density at radius 3 is 2.45 bits per heavy atom. The molecule has 2 N–H and O–H groups in total. The quantitative estimate of drug-likeness (QED) is 0.770. The second-order valence-corrected chi connectivity index (χ2v) is 6.07. The Kier molecular flexibility index (Phi) is 5.88. The van der Waals surface area contributed by atoms with Gasteiger partial charge in [0.25, 0.3) is 5.91 Å². The maximum atomic E-state index is 11.8. The van der Waals surface area contributed by atoms with E-state index in [1.807, 2.05) is 34.9 Å². The Labute approximate surface area is 121 Å². The molecule has 0 bridgehead atoms. The maximum absolute atomic E-state index is 11.8. The molecule has 0 saturated carbocycles. The Hall–Kier alpha value is -1.69. The number of hydrogen-bond acceptors (Lipinski definition) is 5. The van der Waals surface area contributed by atoms with Gasteiger partial charge < -0.3 is 15.5 Å². The zero-order chi connectivity index (χ0) is 15.2. The monoisotopic (exact) mass is 279 g/mol. The van der Waals surface area contributed by atoms with Crippen LogP contribution in [-0.2, 0) is 0 Å². The predicted octanol–water partition coefficient (Wildman–Crippen LogP) is 1.37. The highest BCUT2D eigenvalue weighted by atomic mass is 16.1. The number of anilines is 1. The fourth-order valence-corrected chi connectivity index (χ4v) is 1.58. The molecule has 6 heteroatoms. The molecule has 6 nitrogen and oxygen atoms in total. The van der Waals surface area contributed by atoms with Gasteiger partial charge in [0.1, 0.15) is 11.5 Å². The van der Waals surface area contributed by atoms with Crippen molar-refractivity contribution in [3.05, 3.63) is 18.1 Å². The second-order valence-electron chi connectivity index (χ2n) is 6.07. The first-order valence-electron chi connectivity index (χ1n) is 6.81. The summed E-state index contributed by atoms with van der Waals surface area (Å²) in [6.07, 6.45) is 3.99. The number of carbonyl (C=O) groups is 1. The minimum absolute atomic E-state index is 0.0787. The van der Waals surface area contributed by atoms with E-state index in [1.54, 1.807) is 6.20 Å². The van der Waals surface area contributed by atoms with E-state index in [0.29, 0.717) is 18.1 Å². The average Bonchev–Trinajstić information content (AvgIpc) is 2.33. The number of hydrogen-bond donors (Lipinski definition) is 2. The van der Waals surface area contributed by atoms with Crippen LogP contribution in [0.25, 0.3) is 0 Å². The van der Waals surface area contributed by atoms with Gasteiger partial charge in [-0.2, -0.15) is 0 Å². The van der Waals surface area contributed by atoms with Crippen LogP contribution in [0.4, 0.5) is 5.82 Å². The molecule has 0 radical (unpaired) electrons. The fraction of sp³-hybridized carbons (Fsp3) is 0.643. The number of nitrogens with one attached hydrogen (secondary N) is 2. The van der Waals surface area contributed by atoms with E-state index in [-0.39, 0.29) is 11.4 Å². The molecule has 112 valence electrons. The van der Waals surface area contributed by atoms with Crippen LogP contribution in [0.2, 0.25) is 0 Å². The molecule has 0 saturated heterocycles. The van der Waals surface area contributed by atoms with E-state index in [0.717, 1.165) is 13.0 Å². The smallest absolute Gasteiger partial charge is 0.271 e. The summed E-state index contributed by atoms with van der Waals surface area (Å²) in [4.78, 5) is 22.2. The minimum Gasteiger partial charge on any atom is -0.364 e. The molecule has 0 atom stereocenters. The summed E-state index contributed by atoms with van der Waals surface area (Å²) in [6.45, 7) is 7.71. The Balaban J connectivity index is 2.45. The van der Waals surface area contributed by atoms with E-state index in [1.165, 1.54) is 6.20 Å². The van der Waals surface area contributed by atoms with Crippen molar-refractivity contribution in [1.29, 1.82) is 0 Å². The summed E-state index contributed by atoms with van der Waals surface area (Å²) in [7, 11) is 4.02. The van der Waals surface area contributed by atoms with Gasteiger partial charge in [0, 0.05) is 12.1 Å². The fourth-order valence-electron chi connectivity index (χ4n) is 1.58. The van der Waals surface area contributed by atoms with E-state index >= 15 is 0 Å². The molecule has 0 spiro atoms. The molecule has 0 unspecified atom stereocenters. The lowest BCUT2D eigenvalue weighted by atomic mass is 10.1. The summed E-state index contributed by atoms with van der Waals surface area (Å²) in [5.41, 5.74) is 0.263. The van der Waals surface area contributed by atoms with Gasteiger partial charge in [-0.3, -0.25) is 4.79 Å². The van der Waals surface area contributed by atoms with Gasteiger partial charge in [0.15, 0.2) is 0 Å². The first kappa shape index (κ1) is 16.4. The van der Waals surface area contributed by atoms with Crippen LogP contribution in [0.3, 0.4) is 0 Å². The maximum Gasteiger partial charge on any atom is 0.271 e. The highest BCUT2D eigenvalue weighted by Gasteiger charge is 2.12. The highest BCUT2D eigenvalue weighted by Crippen LogP contribution is 2.10. The summed E-state index contributed by atoms with van der Waals surface area (Å²) in [6, 6.07) is 0. The van der Waals surface area contributed by atoms with Crippen molar-refractivity contribution in [3.63, 3.8) is 0 Å². The first-order chi connectivity index (χ1) is 9.28. The number of amides is 1. The Bertz CT molecular complexity index is 422. The van der Waals surface area contributed by atoms with Gasteiger partial charge >= 0.3 is 0 Å². The normalized spacial score (nSPS) is 11.5. The Morgan fingerprint density at radius 2 is 1.95 bits per heavy atom. The molecular formula is C14H25N5O. The van der Waals surface area contributed by atoms with E-state index in [4.69, 9.17) is 0 Å². The lowest BCUT2D eigenvalue weighted by Crippen LogP contribution is -2.29. The highest BCUT2D eigenvalue weighted by molar-refractivity contribution is 5.91. The van der Waals surface area contributed by atoms with Crippen LogP contribution in [0.15, 0.2) is 12.4 Å². The van der Waals surface area contributed by atoms with Gasteiger partial charge in [-0.25, -0.2) is 9.97 Å². The van der Waals surface area contributed by atoms with Crippen molar-refractivity contribution < 1.29 is 4.79 Å². The van der Waals surface area contributed by atoms with Crippen LogP contribution in [0, 0.1) is 0 Å².